The second-order valence-corrected chi connectivity index (χ2v) is 18.2. The van der Waals surface area contributed by atoms with Gasteiger partial charge in [0.25, 0.3) is 0 Å². The molecule has 7 amide bonds. The van der Waals surface area contributed by atoms with Gasteiger partial charge in [0.2, 0.25) is 41.4 Å². The number of nitrogens with one attached hydrogen (secondary N) is 4. The average Bonchev–Trinajstić information content (AvgIpc) is 3.89. The van der Waals surface area contributed by atoms with E-state index in [9.17, 15) is 48.9 Å². The van der Waals surface area contributed by atoms with Crippen molar-refractivity contribution in [3.8, 4) is 11.5 Å². The van der Waals surface area contributed by atoms with Gasteiger partial charge in [-0.2, -0.15) is 0 Å². The van der Waals surface area contributed by atoms with Gasteiger partial charge in [-0.1, -0.05) is 109 Å². The first-order valence-electron chi connectivity index (χ1n) is 23.9. The Hall–Kier alpha value is -8.09. The molecule has 11 N–H and O–H groups in total. The van der Waals surface area contributed by atoms with Crippen molar-refractivity contribution in [2.24, 2.45) is 11.5 Å². The van der Waals surface area contributed by atoms with Gasteiger partial charge in [-0.05, 0) is 76.9 Å². The number of nitrogens with zero attached hydrogens (tertiary/aromatic N) is 2. The molecule has 0 bridgehead atoms. The van der Waals surface area contributed by atoms with Crippen LogP contribution in [0.15, 0.2) is 133 Å². The third-order valence-corrected chi connectivity index (χ3v) is 13.0. The first-order chi connectivity index (χ1) is 34.7. The number of hydrogen-bond acceptors (Lipinski definition) is 11. The van der Waals surface area contributed by atoms with E-state index < -0.39 is 90.3 Å². The van der Waals surface area contributed by atoms with Crippen LogP contribution in [0.5, 0.6) is 11.5 Å². The molecule has 0 spiro atoms. The van der Waals surface area contributed by atoms with Crippen LogP contribution in [0, 0.1) is 0 Å². The first kappa shape index (κ1) is 51.8. The van der Waals surface area contributed by atoms with Gasteiger partial charge in [0, 0.05) is 38.8 Å². The third-order valence-electron chi connectivity index (χ3n) is 13.0. The molecule has 7 atom stereocenters. The number of primary amides is 1. The molecule has 1 fully saturated rings. The number of likely N-dealkylation sites (tertiary alicyclic amines) is 1. The Morgan fingerprint density at radius 3 is 1.54 bits per heavy atom. The van der Waals surface area contributed by atoms with Crippen LogP contribution >= 0.6 is 0 Å². The number of rotatable bonds is 20. The predicted octanol–water partition coefficient (Wildman–Crippen LogP) is 1.06. The molecule has 5 aromatic carbocycles. The minimum Gasteiger partial charge on any atom is -0.508 e. The number of carbonyl (C=O) groups excluding carboxylic acids is 7. The minimum absolute atomic E-state index is 0.0109. The molecule has 72 heavy (non-hydrogen) atoms. The van der Waals surface area contributed by atoms with Crippen LogP contribution in [-0.2, 0) is 72.2 Å². The molecule has 0 unspecified atom stereocenters. The van der Waals surface area contributed by atoms with E-state index in [1.54, 1.807) is 84.9 Å². The zero-order valence-electron chi connectivity index (χ0n) is 39.6. The number of nitrogens with two attached hydrogens (primary N) is 2. The zero-order valence-corrected chi connectivity index (χ0v) is 39.6. The van der Waals surface area contributed by atoms with Gasteiger partial charge < -0.3 is 57.9 Å². The van der Waals surface area contributed by atoms with E-state index in [2.05, 4.69) is 21.3 Å². The Labute approximate surface area is 416 Å². The van der Waals surface area contributed by atoms with Gasteiger partial charge in [-0.15, -0.1) is 0 Å². The van der Waals surface area contributed by atoms with Gasteiger partial charge in [0.05, 0.1) is 12.6 Å². The Balaban J connectivity index is 1.16. The first-order valence-corrected chi connectivity index (χ1v) is 23.9. The lowest BCUT2D eigenvalue weighted by molar-refractivity contribution is -0.144. The van der Waals surface area contributed by atoms with E-state index in [-0.39, 0.29) is 63.1 Å². The molecule has 7 rings (SSSR count). The zero-order chi connectivity index (χ0) is 51.3. The number of amides is 7. The molecule has 2 aliphatic heterocycles. The van der Waals surface area contributed by atoms with Crippen LogP contribution in [0.3, 0.4) is 0 Å². The van der Waals surface area contributed by atoms with E-state index in [4.69, 9.17) is 11.5 Å². The highest BCUT2D eigenvalue weighted by Crippen LogP contribution is 2.26. The lowest BCUT2D eigenvalue weighted by atomic mass is 9.92. The number of aromatic hydroxyl groups is 2. The fourth-order valence-corrected chi connectivity index (χ4v) is 9.15. The van der Waals surface area contributed by atoms with Gasteiger partial charge in [0.15, 0.2) is 0 Å². The molecule has 18 heteroatoms. The largest absolute Gasteiger partial charge is 0.508 e. The van der Waals surface area contributed by atoms with E-state index in [1.807, 2.05) is 24.3 Å². The maximum Gasteiger partial charge on any atom is 0.246 e. The number of carbonyl (C=O) groups is 7. The molecule has 2 aliphatic rings. The molecular weight excluding hydrogens is 921 g/mol. The summed E-state index contributed by atoms with van der Waals surface area (Å²) in [5, 5.41) is 40.5. The fourth-order valence-electron chi connectivity index (χ4n) is 9.15. The van der Waals surface area contributed by atoms with Crippen LogP contribution in [0.4, 0.5) is 0 Å². The van der Waals surface area contributed by atoms with Crippen LogP contribution in [0.2, 0.25) is 0 Å². The SMILES string of the molecule is NC(=O)[C@H](CO)NC(=O)[C@@H]1CCCN1C(=O)[C@H](Cc1ccc(O)cc1)NC(=O)[C@H](Cc1ccccc1)NC(=O)[C@H](Cc1ccccc1)NC(=O)[C@@H]1Cc2ccccc2CN1C(=O)[C@@H](N)Cc1ccc(O)cc1. The predicted molar refractivity (Wildman–Crippen MR) is 265 cm³/mol. The summed E-state index contributed by atoms with van der Waals surface area (Å²) in [7, 11) is 0. The van der Waals surface area contributed by atoms with Crippen LogP contribution in [0.1, 0.15) is 46.2 Å². The lowest BCUT2D eigenvalue weighted by Gasteiger charge is -2.38. The molecule has 1 saturated heterocycles. The minimum atomic E-state index is -1.39. The molecule has 0 aromatic heterocycles. The molecule has 0 aliphatic carbocycles. The van der Waals surface area contributed by atoms with Crippen LogP contribution < -0.4 is 32.7 Å². The van der Waals surface area contributed by atoms with Crippen molar-refractivity contribution in [3.05, 3.63) is 167 Å². The van der Waals surface area contributed by atoms with Crippen molar-refractivity contribution in [2.45, 2.75) is 93.8 Å². The smallest absolute Gasteiger partial charge is 0.246 e. The second kappa shape index (κ2) is 24.2. The highest BCUT2D eigenvalue weighted by molar-refractivity contribution is 5.98. The number of phenolic OH excluding ortho intramolecular Hbond substituents is 2. The quantitative estimate of drug-likeness (QED) is 0.0532. The summed E-state index contributed by atoms with van der Waals surface area (Å²) in [6, 6.07) is 29.1. The Kier molecular flexibility index (Phi) is 17.4. The maximum atomic E-state index is 14.8. The van der Waals surface area contributed by atoms with E-state index in [0.29, 0.717) is 28.7 Å². The van der Waals surface area contributed by atoms with Crippen molar-refractivity contribution < 1.29 is 48.9 Å². The van der Waals surface area contributed by atoms with E-state index >= 15 is 0 Å². The maximum absolute atomic E-state index is 14.8. The standard InChI is InChI=1S/C54H60N8O10/c55-41(26-35-17-21-39(64)22-18-35)53(71)62-31-38-15-8-7-14-37(38)30-47(62)52(70)58-43(28-34-12-5-2-6-13-34)49(67)57-42(27-33-10-3-1-4-11-33)50(68)59-44(29-36-19-23-40(65)24-20-36)54(72)61-25-9-16-46(61)51(69)60-45(32-63)48(56)66/h1-8,10-15,17-24,41-47,63-65H,9,16,25-32,55H2,(H2,56,66)(H,57,67)(H,58,70)(H,59,68)(H,60,69)/t41-,42-,43-,44-,45-,46-,47-/m0/s1. The molecule has 5 aromatic rings. The summed E-state index contributed by atoms with van der Waals surface area (Å²) in [4.78, 5) is 101. The highest BCUT2D eigenvalue weighted by Gasteiger charge is 2.41. The normalized spacial score (nSPS) is 17.2. The van der Waals surface area contributed by atoms with Crippen LogP contribution in [-0.4, -0.2) is 122 Å². The number of aliphatic hydroxyl groups excluding tert-OH is 1. The number of hydrogen-bond donors (Lipinski definition) is 9. The number of aliphatic hydroxyl groups is 1. The summed E-state index contributed by atoms with van der Waals surface area (Å²) in [5.41, 5.74) is 16.2. The van der Waals surface area contributed by atoms with Crippen molar-refractivity contribution in [3.63, 3.8) is 0 Å². The second-order valence-electron chi connectivity index (χ2n) is 18.2. The molecule has 0 saturated carbocycles. The third kappa shape index (κ3) is 13.4. The highest BCUT2D eigenvalue weighted by atomic mass is 16.3. The Bertz CT molecular complexity index is 2710. The molecule has 0 radical (unpaired) electrons. The number of benzene rings is 5. The molecule has 2 heterocycles. The molecule has 376 valence electrons. The van der Waals surface area contributed by atoms with E-state index in [0.717, 1.165) is 11.1 Å². The summed E-state index contributed by atoms with van der Waals surface area (Å²) >= 11 is 0. The molecular formula is C54H60N8O10. The van der Waals surface area contributed by atoms with Crippen LogP contribution in [0.25, 0.3) is 0 Å². The van der Waals surface area contributed by atoms with Gasteiger partial charge >= 0.3 is 0 Å². The summed E-state index contributed by atoms with van der Waals surface area (Å²) < 4.78 is 0. The van der Waals surface area contributed by atoms with Gasteiger partial charge in [-0.25, -0.2) is 0 Å². The van der Waals surface area contributed by atoms with Gasteiger partial charge in [-0.3, -0.25) is 33.6 Å². The monoisotopic (exact) mass is 980 g/mol. The average molecular weight is 981 g/mol. The Morgan fingerprint density at radius 1 is 0.528 bits per heavy atom. The van der Waals surface area contributed by atoms with Gasteiger partial charge in [0.1, 0.15) is 47.8 Å². The Morgan fingerprint density at radius 2 is 0.986 bits per heavy atom. The van der Waals surface area contributed by atoms with Crippen molar-refractivity contribution in [2.75, 3.05) is 13.2 Å². The fraction of sp³-hybridized carbons (Fsp3) is 0.315. The van der Waals surface area contributed by atoms with Crippen molar-refractivity contribution >= 4 is 41.4 Å². The lowest BCUT2D eigenvalue weighted by Crippen LogP contribution is -2.61. The topological polar surface area (TPSA) is 287 Å². The summed E-state index contributed by atoms with van der Waals surface area (Å²) in [6.07, 6.45) is 0.749. The summed E-state index contributed by atoms with van der Waals surface area (Å²) in [6.45, 7) is -0.546. The molecule has 18 nitrogen and oxygen atoms in total. The van der Waals surface area contributed by atoms with Crippen molar-refractivity contribution in [1.82, 2.24) is 31.1 Å². The van der Waals surface area contributed by atoms with E-state index in [1.165, 1.54) is 34.1 Å². The number of phenols is 2. The number of fused-ring (bicyclic) bond motifs is 1. The summed E-state index contributed by atoms with van der Waals surface area (Å²) in [5.74, 6) is -4.88. The van der Waals surface area contributed by atoms with Crippen molar-refractivity contribution in [1.29, 1.82) is 0 Å².